The topological polar surface area (TPSA) is 26.2 Å². The molecule has 3 rings (SSSR count). The summed E-state index contributed by atoms with van der Waals surface area (Å²) in [6.45, 7) is 4.76. The summed E-state index contributed by atoms with van der Waals surface area (Å²) in [5.41, 5.74) is 4.05. The standard InChI is InChI=1S/C16H20N2O/c1-3-19-13-4-5-16-14(10-13)15(11-18(16)2)12-6-8-17-9-7-12/h4-6,10-11,17H,3,7-9H2,1-2H3. The van der Waals surface area contributed by atoms with Gasteiger partial charge in [0.15, 0.2) is 0 Å². The molecule has 3 nitrogen and oxygen atoms in total. The predicted octanol–water partition coefficient (Wildman–Crippen LogP) is 2.95. The van der Waals surface area contributed by atoms with E-state index in [1.165, 1.54) is 22.0 Å². The summed E-state index contributed by atoms with van der Waals surface area (Å²) < 4.78 is 7.82. The third kappa shape index (κ3) is 2.26. The average molecular weight is 256 g/mol. The summed E-state index contributed by atoms with van der Waals surface area (Å²) in [7, 11) is 2.10. The number of aromatic nitrogens is 1. The first-order valence-corrected chi connectivity index (χ1v) is 6.91. The largest absolute Gasteiger partial charge is 0.494 e. The van der Waals surface area contributed by atoms with Gasteiger partial charge in [0.2, 0.25) is 0 Å². The van der Waals surface area contributed by atoms with Crippen molar-refractivity contribution in [1.29, 1.82) is 0 Å². The molecule has 0 radical (unpaired) electrons. The molecule has 0 saturated carbocycles. The van der Waals surface area contributed by atoms with Crippen LogP contribution >= 0.6 is 0 Å². The van der Waals surface area contributed by atoms with Crippen molar-refractivity contribution in [2.75, 3.05) is 19.7 Å². The fourth-order valence-corrected chi connectivity index (χ4v) is 2.75. The Balaban J connectivity index is 2.12. The van der Waals surface area contributed by atoms with Crippen molar-refractivity contribution < 1.29 is 4.74 Å². The quantitative estimate of drug-likeness (QED) is 0.913. The van der Waals surface area contributed by atoms with Crippen molar-refractivity contribution in [3.8, 4) is 5.75 Å². The molecule has 1 aliphatic rings. The lowest BCUT2D eigenvalue weighted by Gasteiger charge is -2.13. The van der Waals surface area contributed by atoms with Crippen molar-refractivity contribution in [3.63, 3.8) is 0 Å². The summed E-state index contributed by atoms with van der Waals surface area (Å²) in [5, 5.41) is 4.66. The summed E-state index contributed by atoms with van der Waals surface area (Å²) >= 11 is 0. The molecule has 0 aliphatic carbocycles. The van der Waals surface area contributed by atoms with Crippen molar-refractivity contribution in [3.05, 3.63) is 36.0 Å². The molecule has 0 atom stereocenters. The van der Waals surface area contributed by atoms with E-state index >= 15 is 0 Å². The molecule has 0 amide bonds. The number of rotatable bonds is 3. The molecule has 2 heterocycles. The first kappa shape index (κ1) is 12.3. The zero-order valence-electron chi connectivity index (χ0n) is 11.6. The molecule has 1 aliphatic heterocycles. The average Bonchev–Trinajstić information content (AvgIpc) is 2.77. The molecule has 0 fully saturated rings. The Morgan fingerprint density at radius 3 is 3.00 bits per heavy atom. The van der Waals surface area contributed by atoms with Crippen LogP contribution in [-0.2, 0) is 7.05 Å². The Hall–Kier alpha value is -1.74. The van der Waals surface area contributed by atoms with Gasteiger partial charge >= 0.3 is 0 Å². The highest BCUT2D eigenvalue weighted by Crippen LogP contribution is 2.31. The van der Waals surface area contributed by atoms with E-state index in [9.17, 15) is 0 Å². The van der Waals surface area contributed by atoms with Crippen molar-refractivity contribution in [2.24, 2.45) is 7.05 Å². The highest BCUT2D eigenvalue weighted by Gasteiger charge is 2.13. The molecule has 0 spiro atoms. The highest BCUT2D eigenvalue weighted by molar-refractivity contribution is 5.94. The van der Waals surface area contributed by atoms with Crippen LogP contribution in [0.25, 0.3) is 16.5 Å². The van der Waals surface area contributed by atoms with Crippen LogP contribution in [0, 0.1) is 0 Å². The predicted molar refractivity (Wildman–Crippen MR) is 79.6 cm³/mol. The zero-order valence-corrected chi connectivity index (χ0v) is 11.6. The van der Waals surface area contributed by atoms with Gasteiger partial charge in [-0.2, -0.15) is 0 Å². The van der Waals surface area contributed by atoms with Crippen LogP contribution in [0.15, 0.2) is 30.5 Å². The van der Waals surface area contributed by atoms with Crippen LogP contribution in [0.2, 0.25) is 0 Å². The summed E-state index contributed by atoms with van der Waals surface area (Å²) in [6, 6.07) is 6.36. The summed E-state index contributed by atoms with van der Waals surface area (Å²) in [5.74, 6) is 0.956. The molecule has 0 bridgehead atoms. The van der Waals surface area contributed by atoms with Gasteiger partial charge in [-0.15, -0.1) is 0 Å². The van der Waals surface area contributed by atoms with E-state index in [2.05, 4.69) is 41.3 Å². The van der Waals surface area contributed by atoms with E-state index in [0.717, 1.165) is 25.3 Å². The van der Waals surface area contributed by atoms with Crippen molar-refractivity contribution in [1.82, 2.24) is 9.88 Å². The Morgan fingerprint density at radius 2 is 2.26 bits per heavy atom. The minimum Gasteiger partial charge on any atom is -0.494 e. The molecule has 1 N–H and O–H groups in total. The van der Waals surface area contributed by atoms with Gasteiger partial charge in [-0.25, -0.2) is 0 Å². The number of ether oxygens (including phenoxy) is 1. The Kier molecular flexibility index (Phi) is 3.30. The van der Waals surface area contributed by atoms with Crippen LogP contribution in [0.3, 0.4) is 0 Å². The second-order valence-electron chi connectivity index (χ2n) is 4.95. The van der Waals surface area contributed by atoms with E-state index in [1.54, 1.807) is 0 Å². The van der Waals surface area contributed by atoms with Crippen molar-refractivity contribution >= 4 is 16.5 Å². The second kappa shape index (κ2) is 5.10. The molecular weight excluding hydrogens is 236 g/mol. The first-order chi connectivity index (χ1) is 9.29. The molecule has 0 saturated heterocycles. The first-order valence-electron chi connectivity index (χ1n) is 6.91. The van der Waals surface area contributed by atoms with Gasteiger partial charge in [0, 0.05) is 36.3 Å². The number of benzene rings is 1. The number of fused-ring (bicyclic) bond motifs is 1. The second-order valence-corrected chi connectivity index (χ2v) is 4.95. The monoisotopic (exact) mass is 256 g/mol. The molecular formula is C16H20N2O. The van der Waals surface area contributed by atoms with Crippen LogP contribution in [0.1, 0.15) is 18.9 Å². The summed E-state index contributed by atoms with van der Waals surface area (Å²) in [4.78, 5) is 0. The van der Waals surface area contributed by atoms with Gasteiger partial charge in [-0.05, 0) is 43.7 Å². The maximum absolute atomic E-state index is 5.62. The maximum atomic E-state index is 5.62. The van der Waals surface area contributed by atoms with Gasteiger partial charge in [-0.1, -0.05) is 6.08 Å². The van der Waals surface area contributed by atoms with Crippen LogP contribution < -0.4 is 10.1 Å². The van der Waals surface area contributed by atoms with Gasteiger partial charge < -0.3 is 14.6 Å². The lowest BCUT2D eigenvalue weighted by molar-refractivity contribution is 0.340. The molecule has 1 aromatic heterocycles. The molecule has 2 aromatic rings. The van der Waals surface area contributed by atoms with Gasteiger partial charge in [0.1, 0.15) is 5.75 Å². The fourth-order valence-electron chi connectivity index (χ4n) is 2.75. The minimum atomic E-state index is 0.709. The molecule has 100 valence electrons. The lowest BCUT2D eigenvalue weighted by atomic mass is 10.00. The fraction of sp³-hybridized carbons (Fsp3) is 0.375. The van der Waals surface area contributed by atoms with Crippen LogP contribution in [-0.4, -0.2) is 24.3 Å². The van der Waals surface area contributed by atoms with E-state index in [-0.39, 0.29) is 0 Å². The normalized spacial score (nSPS) is 15.6. The highest BCUT2D eigenvalue weighted by atomic mass is 16.5. The van der Waals surface area contributed by atoms with E-state index in [4.69, 9.17) is 4.74 Å². The molecule has 3 heteroatoms. The Bertz CT molecular complexity index is 625. The Labute approximate surface area is 113 Å². The summed E-state index contributed by atoms with van der Waals surface area (Å²) in [6.07, 6.45) is 5.63. The number of nitrogens with zero attached hydrogens (tertiary/aromatic N) is 1. The van der Waals surface area contributed by atoms with E-state index in [0.29, 0.717) is 6.61 Å². The smallest absolute Gasteiger partial charge is 0.120 e. The van der Waals surface area contributed by atoms with Crippen LogP contribution in [0.4, 0.5) is 0 Å². The maximum Gasteiger partial charge on any atom is 0.120 e. The number of nitrogens with one attached hydrogen (secondary N) is 1. The van der Waals surface area contributed by atoms with Gasteiger partial charge in [0.05, 0.1) is 6.61 Å². The zero-order chi connectivity index (χ0) is 13.2. The SMILES string of the molecule is CCOc1ccc2c(c1)c(C1=CCNCC1)cn2C. The third-order valence-corrected chi connectivity index (χ3v) is 3.68. The lowest BCUT2D eigenvalue weighted by Crippen LogP contribution is -2.19. The number of hydrogen-bond donors (Lipinski definition) is 1. The molecule has 1 aromatic carbocycles. The third-order valence-electron chi connectivity index (χ3n) is 3.68. The molecule has 0 unspecified atom stereocenters. The minimum absolute atomic E-state index is 0.709. The van der Waals surface area contributed by atoms with Crippen LogP contribution in [0.5, 0.6) is 5.75 Å². The van der Waals surface area contributed by atoms with Crippen molar-refractivity contribution in [2.45, 2.75) is 13.3 Å². The molecule has 19 heavy (non-hydrogen) atoms. The van der Waals surface area contributed by atoms with E-state index < -0.39 is 0 Å². The van der Waals surface area contributed by atoms with Gasteiger partial charge in [-0.3, -0.25) is 0 Å². The Morgan fingerprint density at radius 1 is 1.37 bits per heavy atom. The number of hydrogen-bond acceptors (Lipinski definition) is 2. The van der Waals surface area contributed by atoms with Gasteiger partial charge in [0.25, 0.3) is 0 Å². The number of aryl methyl sites for hydroxylation is 1. The van der Waals surface area contributed by atoms with E-state index in [1.807, 2.05) is 13.0 Å².